The van der Waals surface area contributed by atoms with Crippen LogP contribution < -0.4 is 14.7 Å². The van der Waals surface area contributed by atoms with Crippen molar-refractivity contribution in [3.63, 3.8) is 0 Å². The summed E-state index contributed by atoms with van der Waals surface area (Å²) < 4.78 is 11.8. The first-order valence-electron chi connectivity index (χ1n) is 5.99. The number of amides is 1. The van der Waals surface area contributed by atoms with E-state index in [0.29, 0.717) is 12.2 Å². The standard InChI is InChI=1S/C13H14ClN3O3/c1-9(18)15-13-12(7-14)17(16-20-13)8-10-3-5-11(19-2)6-4-10/h3-6H,7-8H2,1-2H3/p+1. The summed E-state index contributed by atoms with van der Waals surface area (Å²) >= 11 is 5.88. The molecule has 2 aromatic rings. The van der Waals surface area contributed by atoms with Crippen molar-refractivity contribution in [2.45, 2.75) is 19.3 Å². The van der Waals surface area contributed by atoms with Gasteiger partial charge in [0.05, 0.1) is 7.11 Å². The number of halogens is 1. The van der Waals surface area contributed by atoms with Crippen molar-refractivity contribution in [2.75, 3.05) is 12.4 Å². The van der Waals surface area contributed by atoms with E-state index in [0.717, 1.165) is 11.3 Å². The van der Waals surface area contributed by atoms with E-state index in [4.69, 9.17) is 20.9 Å². The Kier molecular flexibility index (Phi) is 4.57. The topological polar surface area (TPSA) is 68.2 Å². The molecule has 7 heteroatoms. The van der Waals surface area contributed by atoms with Gasteiger partial charge in [-0.2, -0.15) is 0 Å². The monoisotopic (exact) mass is 296 g/mol. The van der Waals surface area contributed by atoms with Gasteiger partial charge in [-0.05, 0) is 28.9 Å². The Morgan fingerprint density at radius 3 is 2.70 bits per heavy atom. The van der Waals surface area contributed by atoms with Gasteiger partial charge < -0.3 is 4.74 Å². The Hall–Kier alpha value is -2.08. The molecule has 0 unspecified atom stereocenters. The van der Waals surface area contributed by atoms with Crippen LogP contribution in [0.5, 0.6) is 5.75 Å². The number of ether oxygens (including phenoxy) is 1. The predicted molar refractivity (Wildman–Crippen MR) is 72.7 cm³/mol. The van der Waals surface area contributed by atoms with E-state index >= 15 is 0 Å². The molecule has 0 spiro atoms. The molecule has 6 nitrogen and oxygen atoms in total. The van der Waals surface area contributed by atoms with Gasteiger partial charge in [-0.3, -0.25) is 14.6 Å². The number of aromatic nitrogens is 2. The molecule has 0 aliphatic carbocycles. The SMILES string of the molecule is COc1ccc(C[n+]2noc(NC(C)=O)c2CCl)cc1. The van der Waals surface area contributed by atoms with Crippen molar-refractivity contribution in [3.8, 4) is 5.75 Å². The molecule has 0 bridgehead atoms. The molecule has 1 heterocycles. The van der Waals surface area contributed by atoms with E-state index < -0.39 is 0 Å². The number of methoxy groups -OCH3 is 1. The summed E-state index contributed by atoms with van der Waals surface area (Å²) in [6.07, 6.45) is 0. The number of rotatable bonds is 5. The Morgan fingerprint density at radius 2 is 2.15 bits per heavy atom. The van der Waals surface area contributed by atoms with Crippen LogP contribution in [0.3, 0.4) is 0 Å². The number of hydrogen-bond donors (Lipinski definition) is 1. The van der Waals surface area contributed by atoms with Gasteiger partial charge in [-0.25, -0.2) is 0 Å². The van der Waals surface area contributed by atoms with Gasteiger partial charge in [0.25, 0.3) is 5.69 Å². The molecule has 2 rings (SSSR count). The lowest BCUT2D eigenvalue weighted by Crippen LogP contribution is -2.39. The molecule has 106 valence electrons. The highest BCUT2D eigenvalue weighted by Crippen LogP contribution is 2.15. The highest BCUT2D eigenvalue weighted by atomic mass is 35.5. The Bertz CT molecular complexity index is 595. The van der Waals surface area contributed by atoms with Crippen LogP contribution in [0.1, 0.15) is 18.2 Å². The summed E-state index contributed by atoms with van der Waals surface area (Å²) in [6, 6.07) is 7.59. The van der Waals surface area contributed by atoms with Crippen LogP contribution in [0.25, 0.3) is 0 Å². The number of hydrogen-bond acceptors (Lipinski definition) is 4. The molecule has 0 radical (unpaired) electrons. The van der Waals surface area contributed by atoms with E-state index in [2.05, 4.69) is 10.6 Å². The second-order valence-electron chi connectivity index (χ2n) is 4.17. The largest absolute Gasteiger partial charge is 0.497 e. The van der Waals surface area contributed by atoms with Crippen LogP contribution in [0.2, 0.25) is 0 Å². The average Bonchev–Trinajstić information content (AvgIpc) is 2.80. The number of carbonyl (C=O) groups is 1. The fraction of sp³-hybridized carbons (Fsp3) is 0.308. The fourth-order valence-electron chi connectivity index (χ4n) is 1.72. The maximum Gasteiger partial charge on any atom is 0.306 e. The molecule has 0 aliphatic rings. The average molecular weight is 297 g/mol. The van der Waals surface area contributed by atoms with Crippen LogP contribution in [-0.4, -0.2) is 18.3 Å². The van der Waals surface area contributed by atoms with Crippen LogP contribution >= 0.6 is 11.6 Å². The highest BCUT2D eigenvalue weighted by molar-refractivity contribution is 6.17. The van der Waals surface area contributed by atoms with Gasteiger partial charge >= 0.3 is 5.88 Å². The van der Waals surface area contributed by atoms with Crippen LogP contribution in [-0.2, 0) is 17.2 Å². The van der Waals surface area contributed by atoms with Crippen LogP contribution in [0.4, 0.5) is 5.88 Å². The summed E-state index contributed by atoms with van der Waals surface area (Å²) in [5.74, 6) is 1.02. The smallest absolute Gasteiger partial charge is 0.306 e. The zero-order valence-electron chi connectivity index (χ0n) is 11.2. The van der Waals surface area contributed by atoms with E-state index in [-0.39, 0.29) is 17.7 Å². The first-order chi connectivity index (χ1) is 9.63. The van der Waals surface area contributed by atoms with Gasteiger partial charge in [0.2, 0.25) is 17.7 Å². The Balaban J connectivity index is 2.19. The maximum atomic E-state index is 11.1. The molecule has 0 fully saturated rings. The molecule has 20 heavy (non-hydrogen) atoms. The van der Waals surface area contributed by atoms with Crippen LogP contribution in [0.15, 0.2) is 28.8 Å². The van der Waals surface area contributed by atoms with Crippen molar-refractivity contribution < 1.29 is 18.7 Å². The summed E-state index contributed by atoms with van der Waals surface area (Å²) in [4.78, 5) is 11.1. The first kappa shape index (κ1) is 14.3. The van der Waals surface area contributed by atoms with Crippen LogP contribution in [0, 0.1) is 0 Å². The first-order valence-corrected chi connectivity index (χ1v) is 6.52. The fourth-order valence-corrected chi connectivity index (χ4v) is 1.98. The number of anilines is 1. The zero-order chi connectivity index (χ0) is 14.5. The maximum absolute atomic E-state index is 11.1. The van der Waals surface area contributed by atoms with E-state index in [1.807, 2.05) is 24.3 Å². The Morgan fingerprint density at radius 1 is 1.45 bits per heavy atom. The predicted octanol–water partition coefficient (Wildman–Crippen LogP) is 1.72. The lowest BCUT2D eigenvalue weighted by Gasteiger charge is -1.99. The van der Waals surface area contributed by atoms with Gasteiger partial charge in [-0.15, -0.1) is 11.6 Å². The lowest BCUT2D eigenvalue weighted by molar-refractivity contribution is -0.760. The normalized spacial score (nSPS) is 10.3. The zero-order valence-corrected chi connectivity index (χ0v) is 12.0. The molecule has 1 N–H and O–H groups in total. The molecule has 1 aromatic heterocycles. The molecule has 0 atom stereocenters. The Labute approximate surface area is 121 Å². The molecule has 0 saturated carbocycles. The third kappa shape index (κ3) is 3.27. The number of carbonyl (C=O) groups excluding carboxylic acids is 1. The second-order valence-corrected chi connectivity index (χ2v) is 4.44. The quantitative estimate of drug-likeness (QED) is 0.674. The molecular formula is C13H15ClN3O3+. The van der Waals surface area contributed by atoms with E-state index in [1.165, 1.54) is 6.92 Å². The molecular weight excluding hydrogens is 282 g/mol. The molecule has 1 amide bonds. The highest BCUT2D eigenvalue weighted by Gasteiger charge is 2.24. The number of alkyl halides is 1. The number of nitrogens with one attached hydrogen (secondary N) is 1. The minimum Gasteiger partial charge on any atom is -0.497 e. The minimum absolute atomic E-state index is 0.190. The van der Waals surface area contributed by atoms with Gasteiger partial charge in [0.15, 0.2) is 0 Å². The van der Waals surface area contributed by atoms with E-state index in [9.17, 15) is 4.79 Å². The third-order valence-electron chi connectivity index (χ3n) is 2.71. The van der Waals surface area contributed by atoms with Gasteiger partial charge in [-0.1, -0.05) is 0 Å². The summed E-state index contributed by atoms with van der Waals surface area (Å²) in [6.45, 7) is 1.89. The third-order valence-corrected chi connectivity index (χ3v) is 2.97. The molecule has 1 aromatic carbocycles. The summed E-state index contributed by atoms with van der Waals surface area (Å²) in [5.41, 5.74) is 1.64. The van der Waals surface area contributed by atoms with Gasteiger partial charge in [0.1, 0.15) is 11.6 Å². The number of nitrogens with zero attached hydrogens (tertiary/aromatic N) is 2. The van der Waals surface area contributed by atoms with Crippen molar-refractivity contribution in [2.24, 2.45) is 0 Å². The second kappa shape index (κ2) is 6.38. The van der Waals surface area contributed by atoms with Crippen molar-refractivity contribution in [3.05, 3.63) is 35.5 Å². The van der Waals surface area contributed by atoms with E-state index in [1.54, 1.807) is 11.8 Å². The molecule has 0 aliphatic heterocycles. The van der Waals surface area contributed by atoms with Crippen molar-refractivity contribution in [1.29, 1.82) is 0 Å². The van der Waals surface area contributed by atoms with Crippen molar-refractivity contribution >= 4 is 23.4 Å². The molecule has 0 saturated heterocycles. The van der Waals surface area contributed by atoms with Gasteiger partial charge in [0, 0.05) is 12.5 Å². The lowest BCUT2D eigenvalue weighted by atomic mass is 10.2. The summed E-state index contributed by atoms with van der Waals surface area (Å²) in [7, 11) is 1.62. The number of benzene rings is 1. The van der Waals surface area contributed by atoms with Crippen molar-refractivity contribution in [1.82, 2.24) is 5.27 Å². The minimum atomic E-state index is -0.232. The summed E-state index contributed by atoms with van der Waals surface area (Å²) in [5, 5.41) is 6.44.